The van der Waals surface area contributed by atoms with E-state index >= 15 is 0 Å². The van der Waals surface area contributed by atoms with Gasteiger partial charge in [-0.2, -0.15) is 0 Å². The maximum absolute atomic E-state index is 5.02. The molecule has 1 aromatic heterocycles. The van der Waals surface area contributed by atoms with E-state index in [1.807, 2.05) is 30.3 Å². The molecule has 0 aliphatic heterocycles. The predicted octanol–water partition coefficient (Wildman–Crippen LogP) is 3.26. The standard InChI is InChI=1S/C14H16N2O/c1-11(12-6-4-3-5-7-12)16-13-8-9-14(17-2)15-10-13/h3-11,16H,1-2H3. The van der Waals surface area contributed by atoms with Gasteiger partial charge in [0.15, 0.2) is 0 Å². The number of nitrogens with one attached hydrogen (secondary N) is 1. The van der Waals surface area contributed by atoms with Gasteiger partial charge in [-0.1, -0.05) is 30.3 Å². The summed E-state index contributed by atoms with van der Waals surface area (Å²) in [5, 5.41) is 3.39. The van der Waals surface area contributed by atoms with Crippen molar-refractivity contribution in [3.8, 4) is 5.88 Å². The molecule has 88 valence electrons. The number of aromatic nitrogens is 1. The van der Waals surface area contributed by atoms with Crippen LogP contribution in [0.1, 0.15) is 18.5 Å². The van der Waals surface area contributed by atoms with Crippen molar-refractivity contribution >= 4 is 5.69 Å². The van der Waals surface area contributed by atoms with Crippen LogP contribution in [0.4, 0.5) is 5.69 Å². The topological polar surface area (TPSA) is 34.1 Å². The molecule has 1 heterocycles. The second-order valence-corrected chi connectivity index (χ2v) is 3.87. The second kappa shape index (κ2) is 5.34. The van der Waals surface area contributed by atoms with Crippen molar-refractivity contribution in [1.29, 1.82) is 0 Å². The largest absolute Gasteiger partial charge is 0.481 e. The lowest BCUT2D eigenvalue weighted by Gasteiger charge is -2.15. The summed E-state index contributed by atoms with van der Waals surface area (Å²) < 4.78 is 5.02. The Morgan fingerprint density at radius 3 is 2.47 bits per heavy atom. The van der Waals surface area contributed by atoms with E-state index in [4.69, 9.17) is 4.74 Å². The lowest BCUT2D eigenvalue weighted by atomic mass is 10.1. The molecule has 0 saturated carbocycles. The van der Waals surface area contributed by atoms with Gasteiger partial charge in [0.1, 0.15) is 0 Å². The molecule has 0 spiro atoms. The molecule has 0 aliphatic rings. The van der Waals surface area contributed by atoms with Crippen LogP contribution in [-0.2, 0) is 0 Å². The van der Waals surface area contributed by atoms with Crippen molar-refractivity contribution in [2.24, 2.45) is 0 Å². The fourth-order valence-corrected chi connectivity index (χ4v) is 1.66. The summed E-state index contributed by atoms with van der Waals surface area (Å²) in [6.07, 6.45) is 1.78. The molecule has 1 atom stereocenters. The summed E-state index contributed by atoms with van der Waals surface area (Å²) >= 11 is 0. The minimum Gasteiger partial charge on any atom is -0.481 e. The summed E-state index contributed by atoms with van der Waals surface area (Å²) in [5.41, 5.74) is 2.24. The van der Waals surface area contributed by atoms with E-state index in [1.54, 1.807) is 13.3 Å². The third kappa shape index (κ3) is 2.97. The first-order valence-electron chi connectivity index (χ1n) is 5.61. The van der Waals surface area contributed by atoms with Gasteiger partial charge < -0.3 is 10.1 Å². The Balaban J connectivity index is 2.05. The van der Waals surface area contributed by atoms with E-state index in [1.165, 1.54) is 5.56 Å². The van der Waals surface area contributed by atoms with Gasteiger partial charge >= 0.3 is 0 Å². The number of benzene rings is 1. The number of hydrogen-bond donors (Lipinski definition) is 1. The SMILES string of the molecule is COc1ccc(NC(C)c2ccccc2)cn1. The second-order valence-electron chi connectivity index (χ2n) is 3.87. The van der Waals surface area contributed by atoms with Crippen LogP contribution in [0.15, 0.2) is 48.7 Å². The Kier molecular flexibility index (Phi) is 3.60. The van der Waals surface area contributed by atoms with Crippen molar-refractivity contribution in [3.05, 3.63) is 54.2 Å². The molecule has 3 nitrogen and oxygen atoms in total. The van der Waals surface area contributed by atoms with E-state index in [9.17, 15) is 0 Å². The first-order valence-corrected chi connectivity index (χ1v) is 5.61. The zero-order valence-corrected chi connectivity index (χ0v) is 10.1. The van der Waals surface area contributed by atoms with Gasteiger partial charge in [-0.25, -0.2) is 4.98 Å². The van der Waals surface area contributed by atoms with E-state index in [-0.39, 0.29) is 6.04 Å². The highest BCUT2D eigenvalue weighted by Gasteiger charge is 2.04. The minimum absolute atomic E-state index is 0.256. The number of ether oxygens (including phenoxy) is 1. The van der Waals surface area contributed by atoms with E-state index < -0.39 is 0 Å². The van der Waals surface area contributed by atoms with Gasteiger partial charge in [-0.05, 0) is 18.6 Å². The predicted molar refractivity (Wildman–Crippen MR) is 69.3 cm³/mol. The lowest BCUT2D eigenvalue weighted by Crippen LogP contribution is -2.06. The van der Waals surface area contributed by atoms with Crippen molar-refractivity contribution in [1.82, 2.24) is 4.98 Å². The first-order chi connectivity index (χ1) is 8.29. The maximum atomic E-state index is 5.02. The van der Waals surface area contributed by atoms with Gasteiger partial charge in [0.2, 0.25) is 5.88 Å². The quantitative estimate of drug-likeness (QED) is 0.872. The molecule has 0 aliphatic carbocycles. The number of nitrogens with zero attached hydrogens (tertiary/aromatic N) is 1. The Hall–Kier alpha value is -2.03. The summed E-state index contributed by atoms with van der Waals surface area (Å²) in [7, 11) is 1.61. The first kappa shape index (κ1) is 11.5. The smallest absolute Gasteiger partial charge is 0.213 e. The molecule has 0 radical (unpaired) electrons. The molecule has 2 aromatic rings. The Morgan fingerprint density at radius 1 is 1.12 bits per heavy atom. The number of anilines is 1. The van der Waals surface area contributed by atoms with Crippen LogP contribution in [0, 0.1) is 0 Å². The highest BCUT2D eigenvalue weighted by Crippen LogP contribution is 2.19. The zero-order valence-electron chi connectivity index (χ0n) is 10.1. The molecular weight excluding hydrogens is 212 g/mol. The van der Waals surface area contributed by atoms with Crippen molar-refractivity contribution in [2.75, 3.05) is 12.4 Å². The van der Waals surface area contributed by atoms with Crippen LogP contribution in [0.25, 0.3) is 0 Å². The van der Waals surface area contributed by atoms with E-state index in [0.29, 0.717) is 5.88 Å². The summed E-state index contributed by atoms with van der Waals surface area (Å²) in [5.74, 6) is 0.628. The molecule has 0 saturated heterocycles. The van der Waals surface area contributed by atoms with Crippen LogP contribution in [-0.4, -0.2) is 12.1 Å². The molecule has 1 N–H and O–H groups in total. The fourth-order valence-electron chi connectivity index (χ4n) is 1.66. The number of rotatable bonds is 4. The molecule has 0 amide bonds. The molecule has 17 heavy (non-hydrogen) atoms. The highest BCUT2D eigenvalue weighted by atomic mass is 16.5. The molecule has 1 unspecified atom stereocenters. The molecule has 1 aromatic carbocycles. The maximum Gasteiger partial charge on any atom is 0.213 e. The third-order valence-electron chi connectivity index (χ3n) is 2.63. The van der Waals surface area contributed by atoms with E-state index in [2.05, 4.69) is 29.4 Å². The summed E-state index contributed by atoms with van der Waals surface area (Å²) in [6.45, 7) is 2.12. The molecule has 2 rings (SSSR count). The molecule has 0 fully saturated rings. The van der Waals surface area contributed by atoms with Crippen molar-refractivity contribution < 1.29 is 4.74 Å². The van der Waals surface area contributed by atoms with Crippen LogP contribution < -0.4 is 10.1 Å². The highest BCUT2D eigenvalue weighted by molar-refractivity contribution is 5.44. The average Bonchev–Trinajstić information content (AvgIpc) is 2.40. The van der Waals surface area contributed by atoms with Gasteiger partial charge in [-0.3, -0.25) is 0 Å². The third-order valence-corrected chi connectivity index (χ3v) is 2.63. The summed E-state index contributed by atoms with van der Waals surface area (Å²) in [6, 6.07) is 14.4. The Bertz CT molecular complexity index is 453. The summed E-state index contributed by atoms with van der Waals surface area (Å²) in [4.78, 5) is 4.16. The van der Waals surface area contributed by atoms with Crippen LogP contribution >= 0.6 is 0 Å². The minimum atomic E-state index is 0.256. The molecular formula is C14H16N2O. The number of methoxy groups -OCH3 is 1. The van der Waals surface area contributed by atoms with Crippen molar-refractivity contribution in [2.45, 2.75) is 13.0 Å². The van der Waals surface area contributed by atoms with Crippen LogP contribution in [0.5, 0.6) is 5.88 Å². The van der Waals surface area contributed by atoms with Gasteiger partial charge in [0, 0.05) is 12.1 Å². The van der Waals surface area contributed by atoms with Crippen LogP contribution in [0.3, 0.4) is 0 Å². The monoisotopic (exact) mass is 228 g/mol. The number of hydrogen-bond acceptors (Lipinski definition) is 3. The van der Waals surface area contributed by atoms with Crippen molar-refractivity contribution in [3.63, 3.8) is 0 Å². The lowest BCUT2D eigenvalue weighted by molar-refractivity contribution is 0.398. The van der Waals surface area contributed by atoms with Crippen LogP contribution in [0.2, 0.25) is 0 Å². The van der Waals surface area contributed by atoms with E-state index in [0.717, 1.165) is 5.69 Å². The zero-order chi connectivity index (χ0) is 12.1. The fraction of sp³-hybridized carbons (Fsp3) is 0.214. The normalized spacial score (nSPS) is 11.9. The van der Waals surface area contributed by atoms with Gasteiger partial charge in [-0.15, -0.1) is 0 Å². The van der Waals surface area contributed by atoms with Gasteiger partial charge in [0.25, 0.3) is 0 Å². The average molecular weight is 228 g/mol. The number of pyridine rings is 1. The van der Waals surface area contributed by atoms with Gasteiger partial charge in [0.05, 0.1) is 19.0 Å². The Labute approximate surface area is 101 Å². The molecule has 3 heteroatoms. The molecule has 0 bridgehead atoms. The Morgan fingerprint density at radius 2 is 1.88 bits per heavy atom.